The number of nitrogens with zero attached hydrogens (tertiary/aromatic N) is 2. The molecular weight excluding hydrogens is 536 g/mol. The zero-order valence-electron chi connectivity index (χ0n) is 24.4. The Morgan fingerprint density at radius 1 is 0.500 bits per heavy atom. The van der Waals surface area contributed by atoms with Crippen molar-refractivity contribution in [1.82, 2.24) is 4.57 Å². The second kappa shape index (κ2) is 10.3. The Balaban J connectivity index is 1.40. The van der Waals surface area contributed by atoms with E-state index in [4.69, 9.17) is 0 Å². The molecule has 0 N–H and O–H groups in total. The zero-order chi connectivity index (χ0) is 29.7. The molecule has 0 fully saturated rings. The van der Waals surface area contributed by atoms with Gasteiger partial charge in [0.1, 0.15) is 0 Å². The van der Waals surface area contributed by atoms with Gasteiger partial charge in [0.05, 0.1) is 16.8 Å². The lowest BCUT2D eigenvalue weighted by Crippen LogP contribution is -2.37. The fourth-order valence-corrected chi connectivity index (χ4v) is 7.11. The quantitative estimate of drug-likeness (QED) is 0.212. The highest BCUT2D eigenvalue weighted by Crippen LogP contribution is 2.57. The predicted molar refractivity (Wildman–Crippen MR) is 181 cm³/mol. The minimum atomic E-state index is -0.512. The molecule has 2 heterocycles. The van der Waals surface area contributed by atoms with Gasteiger partial charge in [-0.1, -0.05) is 115 Å². The second-order valence-corrected chi connectivity index (χ2v) is 11.4. The number of para-hydroxylation sites is 3. The van der Waals surface area contributed by atoms with E-state index in [1.165, 1.54) is 22.3 Å². The highest BCUT2D eigenvalue weighted by atomic mass is 16.1. The summed E-state index contributed by atoms with van der Waals surface area (Å²) in [5.41, 5.74) is 9.52. The maximum absolute atomic E-state index is 13.7. The van der Waals surface area contributed by atoms with Crippen molar-refractivity contribution in [3.63, 3.8) is 0 Å². The monoisotopic (exact) mass is 566 g/mol. The van der Waals surface area contributed by atoms with Crippen LogP contribution in [0.25, 0.3) is 16.5 Å². The molecule has 44 heavy (non-hydrogen) atoms. The Labute approximate surface area is 256 Å². The van der Waals surface area contributed by atoms with Crippen molar-refractivity contribution in [3.05, 3.63) is 202 Å². The van der Waals surface area contributed by atoms with Crippen LogP contribution in [-0.4, -0.2) is 4.57 Å². The van der Waals surface area contributed by atoms with Gasteiger partial charge < -0.3 is 4.90 Å². The first kappa shape index (κ1) is 26.0. The van der Waals surface area contributed by atoms with Crippen molar-refractivity contribution in [2.24, 2.45) is 0 Å². The van der Waals surface area contributed by atoms with Crippen LogP contribution in [0, 0.1) is 6.92 Å². The van der Waals surface area contributed by atoms with E-state index in [-0.39, 0.29) is 5.56 Å². The van der Waals surface area contributed by atoms with Crippen molar-refractivity contribution >= 4 is 27.8 Å². The van der Waals surface area contributed by atoms with E-state index in [1.54, 1.807) is 4.57 Å². The highest BCUT2D eigenvalue weighted by Gasteiger charge is 2.46. The molecule has 0 bridgehead atoms. The number of anilines is 3. The number of aryl methyl sites for hydroxylation is 1. The average Bonchev–Trinajstić information content (AvgIpc) is 3.10. The number of benzene rings is 6. The number of rotatable bonds is 4. The van der Waals surface area contributed by atoms with Gasteiger partial charge >= 0.3 is 0 Å². The molecule has 0 saturated carbocycles. The van der Waals surface area contributed by atoms with E-state index in [0.717, 1.165) is 33.7 Å². The van der Waals surface area contributed by atoms with E-state index < -0.39 is 5.41 Å². The van der Waals surface area contributed by atoms with Crippen LogP contribution in [0.2, 0.25) is 0 Å². The van der Waals surface area contributed by atoms with Crippen LogP contribution in [0.4, 0.5) is 17.1 Å². The Morgan fingerprint density at radius 3 is 1.57 bits per heavy atom. The maximum Gasteiger partial charge on any atom is 0.262 e. The number of hydrogen-bond donors (Lipinski definition) is 0. The number of aromatic nitrogens is 1. The highest BCUT2D eigenvalue weighted by molar-refractivity contribution is 5.94. The molecule has 0 aliphatic carbocycles. The number of hydrogen-bond acceptors (Lipinski definition) is 2. The van der Waals surface area contributed by atoms with Crippen LogP contribution < -0.4 is 10.5 Å². The summed E-state index contributed by atoms with van der Waals surface area (Å²) in [6.07, 6.45) is 1.96. The molecule has 0 saturated heterocycles. The second-order valence-electron chi connectivity index (χ2n) is 11.4. The van der Waals surface area contributed by atoms with Crippen molar-refractivity contribution in [2.45, 2.75) is 12.3 Å². The molecule has 1 aliphatic rings. The van der Waals surface area contributed by atoms with Gasteiger partial charge in [0.15, 0.2) is 0 Å². The first-order chi connectivity index (χ1) is 21.7. The van der Waals surface area contributed by atoms with E-state index >= 15 is 0 Å². The van der Waals surface area contributed by atoms with Gasteiger partial charge in [-0.25, -0.2) is 0 Å². The van der Waals surface area contributed by atoms with E-state index in [9.17, 15) is 4.79 Å². The summed E-state index contributed by atoms with van der Waals surface area (Å²) in [5.74, 6) is 0. The standard InChI is InChI=1S/C41H30N2O/c1-29-28-42(32-19-9-4-10-20-32)40(44)34-26-25-33(27-35(29)34)43-38-23-13-11-21-36(38)41(30-15-5-2-6-16-30,31-17-7-3-8-18-31)37-22-12-14-24-39(37)43/h2-28H,1H3. The molecule has 0 unspecified atom stereocenters. The van der Waals surface area contributed by atoms with Crippen molar-refractivity contribution in [2.75, 3.05) is 4.90 Å². The minimum absolute atomic E-state index is 0.0185. The van der Waals surface area contributed by atoms with Gasteiger partial charge in [0.2, 0.25) is 0 Å². The third kappa shape index (κ3) is 3.79. The number of pyridine rings is 1. The maximum atomic E-state index is 13.7. The first-order valence-corrected chi connectivity index (χ1v) is 15.0. The first-order valence-electron chi connectivity index (χ1n) is 15.0. The van der Waals surface area contributed by atoms with Gasteiger partial charge in [-0.3, -0.25) is 9.36 Å². The molecule has 6 aromatic carbocycles. The lowest BCUT2D eigenvalue weighted by Gasteiger charge is -2.46. The smallest absolute Gasteiger partial charge is 0.262 e. The topological polar surface area (TPSA) is 25.2 Å². The van der Waals surface area contributed by atoms with Gasteiger partial charge in [0.25, 0.3) is 5.56 Å². The molecule has 1 aliphatic heterocycles. The van der Waals surface area contributed by atoms with Crippen molar-refractivity contribution < 1.29 is 0 Å². The molecule has 0 amide bonds. The zero-order valence-corrected chi connectivity index (χ0v) is 24.4. The largest absolute Gasteiger partial charge is 0.310 e. The summed E-state index contributed by atoms with van der Waals surface area (Å²) in [6.45, 7) is 2.08. The minimum Gasteiger partial charge on any atom is -0.310 e. The van der Waals surface area contributed by atoms with Crippen LogP contribution >= 0.6 is 0 Å². The number of fused-ring (bicyclic) bond motifs is 3. The Morgan fingerprint density at radius 2 is 1.00 bits per heavy atom. The van der Waals surface area contributed by atoms with Crippen LogP contribution in [0.3, 0.4) is 0 Å². The van der Waals surface area contributed by atoms with Crippen LogP contribution in [0.15, 0.2) is 169 Å². The molecule has 0 spiro atoms. The van der Waals surface area contributed by atoms with Gasteiger partial charge in [-0.15, -0.1) is 0 Å². The lowest BCUT2D eigenvalue weighted by molar-refractivity contribution is 0.731. The summed E-state index contributed by atoms with van der Waals surface area (Å²) in [6, 6.07) is 55.2. The molecule has 0 radical (unpaired) electrons. The molecule has 3 nitrogen and oxygen atoms in total. The van der Waals surface area contributed by atoms with Crippen molar-refractivity contribution in [3.8, 4) is 5.69 Å². The van der Waals surface area contributed by atoms with Crippen LogP contribution in [0.5, 0.6) is 0 Å². The van der Waals surface area contributed by atoms with E-state index in [1.807, 2.05) is 42.6 Å². The molecule has 1 aromatic heterocycles. The molecular formula is C41H30N2O. The third-order valence-corrected chi connectivity index (χ3v) is 9.00. The van der Waals surface area contributed by atoms with Crippen LogP contribution in [-0.2, 0) is 5.41 Å². The molecule has 3 heteroatoms. The fourth-order valence-electron chi connectivity index (χ4n) is 7.11. The molecule has 7 aromatic rings. The van der Waals surface area contributed by atoms with Gasteiger partial charge in [0, 0.05) is 23.0 Å². The fraction of sp³-hybridized carbons (Fsp3) is 0.0488. The van der Waals surface area contributed by atoms with Gasteiger partial charge in [-0.2, -0.15) is 0 Å². The Hall–Kier alpha value is -5.67. The summed E-state index contributed by atoms with van der Waals surface area (Å²) in [5, 5.41) is 1.66. The molecule has 0 atom stereocenters. The third-order valence-electron chi connectivity index (χ3n) is 9.00. The Bertz CT molecular complexity index is 2110. The summed E-state index contributed by atoms with van der Waals surface area (Å²) in [7, 11) is 0. The van der Waals surface area contributed by atoms with Crippen molar-refractivity contribution in [1.29, 1.82) is 0 Å². The summed E-state index contributed by atoms with van der Waals surface area (Å²) in [4.78, 5) is 16.1. The van der Waals surface area contributed by atoms with Gasteiger partial charge in [-0.05, 0) is 82.6 Å². The summed E-state index contributed by atoms with van der Waals surface area (Å²) < 4.78 is 1.75. The lowest BCUT2D eigenvalue weighted by atomic mass is 9.62. The molecule has 8 rings (SSSR count). The Kier molecular flexibility index (Phi) is 6.06. The SMILES string of the molecule is Cc1cn(-c2ccccc2)c(=O)c2ccc(N3c4ccccc4C(c4ccccc4)(c4ccccc4)c4ccccc43)cc12. The predicted octanol–water partition coefficient (Wildman–Crippen LogP) is 9.47. The van der Waals surface area contributed by atoms with E-state index in [2.05, 4.69) is 133 Å². The van der Waals surface area contributed by atoms with E-state index in [0.29, 0.717) is 5.39 Å². The average molecular weight is 567 g/mol. The normalized spacial score (nSPS) is 13.3. The summed E-state index contributed by atoms with van der Waals surface area (Å²) >= 11 is 0. The molecule has 210 valence electrons. The van der Waals surface area contributed by atoms with Crippen LogP contribution in [0.1, 0.15) is 27.8 Å².